The number of alkyl halides is 3. The second-order valence-electron chi connectivity index (χ2n) is 6.21. The molecule has 2 N–H and O–H groups in total. The molecule has 1 saturated carbocycles. The molecule has 1 aliphatic heterocycles. The first kappa shape index (κ1) is 16.5. The summed E-state index contributed by atoms with van der Waals surface area (Å²) in [5.74, 6) is -1.49. The van der Waals surface area contributed by atoms with Crippen LogP contribution in [0, 0.1) is 5.92 Å². The SMILES string of the molecule is O=C(O)C1CC(NCC(F)(F)F)CN(C2CCCCC2)C1. The van der Waals surface area contributed by atoms with Crippen LogP contribution in [-0.2, 0) is 4.79 Å². The molecule has 2 atom stereocenters. The number of likely N-dealkylation sites (tertiary alicyclic amines) is 1. The Kier molecular flexibility index (Phi) is 5.48. The topological polar surface area (TPSA) is 52.6 Å². The lowest BCUT2D eigenvalue weighted by Crippen LogP contribution is -2.55. The van der Waals surface area contributed by atoms with Crippen molar-refractivity contribution in [3.05, 3.63) is 0 Å². The van der Waals surface area contributed by atoms with Crippen LogP contribution in [0.5, 0.6) is 0 Å². The van der Waals surface area contributed by atoms with E-state index < -0.39 is 30.7 Å². The number of piperidine rings is 1. The minimum Gasteiger partial charge on any atom is -0.481 e. The van der Waals surface area contributed by atoms with Crippen LogP contribution in [0.2, 0.25) is 0 Å². The van der Waals surface area contributed by atoms with Gasteiger partial charge in [-0.25, -0.2) is 0 Å². The Labute approximate surface area is 122 Å². The van der Waals surface area contributed by atoms with Gasteiger partial charge in [-0.05, 0) is 19.3 Å². The zero-order valence-electron chi connectivity index (χ0n) is 12.0. The van der Waals surface area contributed by atoms with Crippen molar-refractivity contribution in [2.24, 2.45) is 5.92 Å². The van der Waals surface area contributed by atoms with Crippen LogP contribution in [0.3, 0.4) is 0 Å². The van der Waals surface area contributed by atoms with Gasteiger partial charge in [0.05, 0.1) is 12.5 Å². The van der Waals surface area contributed by atoms with Gasteiger partial charge in [-0.3, -0.25) is 9.69 Å². The van der Waals surface area contributed by atoms with E-state index in [9.17, 15) is 23.1 Å². The summed E-state index contributed by atoms with van der Waals surface area (Å²) in [6.45, 7) is -0.0722. The van der Waals surface area contributed by atoms with Crippen LogP contribution in [0.25, 0.3) is 0 Å². The number of carboxylic acids is 1. The van der Waals surface area contributed by atoms with E-state index in [2.05, 4.69) is 10.2 Å². The number of carbonyl (C=O) groups is 1. The number of rotatable bonds is 4. The van der Waals surface area contributed by atoms with E-state index in [1.807, 2.05) is 0 Å². The molecule has 0 radical (unpaired) electrons. The fourth-order valence-corrected chi connectivity index (χ4v) is 3.46. The quantitative estimate of drug-likeness (QED) is 0.836. The Balaban J connectivity index is 1.95. The van der Waals surface area contributed by atoms with E-state index >= 15 is 0 Å². The van der Waals surface area contributed by atoms with Gasteiger partial charge in [-0.1, -0.05) is 19.3 Å². The molecule has 0 bridgehead atoms. The minimum atomic E-state index is -4.26. The normalized spacial score (nSPS) is 29.5. The van der Waals surface area contributed by atoms with Gasteiger partial charge in [0.25, 0.3) is 0 Å². The van der Waals surface area contributed by atoms with Gasteiger partial charge in [-0.15, -0.1) is 0 Å². The first-order chi connectivity index (χ1) is 9.85. The largest absolute Gasteiger partial charge is 0.481 e. The number of carboxylic acid groups (broad SMARTS) is 1. The Morgan fingerprint density at radius 1 is 1.19 bits per heavy atom. The van der Waals surface area contributed by atoms with Crippen molar-refractivity contribution in [1.82, 2.24) is 10.2 Å². The molecule has 1 aliphatic carbocycles. The molecule has 2 rings (SSSR count). The second kappa shape index (κ2) is 6.96. The van der Waals surface area contributed by atoms with Crippen molar-refractivity contribution in [3.8, 4) is 0 Å². The lowest BCUT2D eigenvalue weighted by Gasteiger charge is -2.42. The van der Waals surface area contributed by atoms with E-state index in [-0.39, 0.29) is 6.42 Å². The Bertz CT molecular complexity index is 357. The molecule has 2 unspecified atom stereocenters. The smallest absolute Gasteiger partial charge is 0.401 e. The molecule has 0 aromatic rings. The van der Waals surface area contributed by atoms with Gasteiger partial charge >= 0.3 is 12.1 Å². The van der Waals surface area contributed by atoms with Crippen LogP contribution in [-0.4, -0.2) is 53.9 Å². The fraction of sp³-hybridized carbons (Fsp3) is 0.929. The van der Waals surface area contributed by atoms with Gasteiger partial charge < -0.3 is 10.4 Å². The summed E-state index contributed by atoms with van der Waals surface area (Å²) in [5.41, 5.74) is 0. The molecule has 0 amide bonds. The monoisotopic (exact) mass is 308 g/mol. The fourth-order valence-electron chi connectivity index (χ4n) is 3.46. The summed E-state index contributed by atoms with van der Waals surface area (Å²) in [4.78, 5) is 13.3. The van der Waals surface area contributed by atoms with Crippen LogP contribution in [0.1, 0.15) is 38.5 Å². The molecule has 2 aliphatic rings. The molecule has 1 heterocycles. The molecule has 4 nitrogen and oxygen atoms in total. The van der Waals surface area contributed by atoms with E-state index in [1.54, 1.807) is 0 Å². The first-order valence-electron chi connectivity index (χ1n) is 7.62. The number of nitrogens with zero attached hydrogens (tertiary/aromatic N) is 1. The third kappa shape index (κ3) is 5.14. The van der Waals surface area contributed by atoms with E-state index in [4.69, 9.17) is 0 Å². The van der Waals surface area contributed by atoms with Crippen molar-refractivity contribution < 1.29 is 23.1 Å². The van der Waals surface area contributed by atoms with Crippen molar-refractivity contribution in [1.29, 1.82) is 0 Å². The highest BCUT2D eigenvalue weighted by Gasteiger charge is 2.36. The maximum Gasteiger partial charge on any atom is 0.401 e. The molecule has 0 spiro atoms. The lowest BCUT2D eigenvalue weighted by molar-refractivity contribution is -0.145. The molecule has 1 saturated heterocycles. The van der Waals surface area contributed by atoms with Gasteiger partial charge in [-0.2, -0.15) is 13.2 Å². The van der Waals surface area contributed by atoms with Crippen LogP contribution < -0.4 is 5.32 Å². The summed E-state index contributed by atoms with van der Waals surface area (Å²) < 4.78 is 37.0. The predicted molar refractivity (Wildman–Crippen MR) is 72.0 cm³/mol. The molecule has 7 heteroatoms. The Morgan fingerprint density at radius 2 is 1.86 bits per heavy atom. The van der Waals surface area contributed by atoms with E-state index in [0.717, 1.165) is 25.7 Å². The summed E-state index contributed by atoms with van der Waals surface area (Å²) >= 11 is 0. The summed E-state index contributed by atoms with van der Waals surface area (Å²) in [7, 11) is 0. The highest BCUT2D eigenvalue weighted by Crippen LogP contribution is 2.27. The Hall–Kier alpha value is -0.820. The third-order valence-electron chi connectivity index (χ3n) is 4.51. The van der Waals surface area contributed by atoms with E-state index in [0.29, 0.717) is 19.1 Å². The molecule has 21 heavy (non-hydrogen) atoms. The van der Waals surface area contributed by atoms with Gasteiger partial charge in [0.1, 0.15) is 0 Å². The zero-order valence-corrected chi connectivity index (χ0v) is 12.0. The van der Waals surface area contributed by atoms with Gasteiger partial charge in [0, 0.05) is 25.2 Å². The number of hydrogen-bond donors (Lipinski definition) is 2. The minimum absolute atomic E-state index is 0.272. The highest BCUT2D eigenvalue weighted by atomic mass is 19.4. The number of nitrogens with one attached hydrogen (secondary N) is 1. The maximum absolute atomic E-state index is 12.3. The zero-order chi connectivity index (χ0) is 15.5. The van der Waals surface area contributed by atoms with Crippen molar-refractivity contribution in [3.63, 3.8) is 0 Å². The van der Waals surface area contributed by atoms with Crippen molar-refractivity contribution in [2.45, 2.75) is 56.8 Å². The lowest BCUT2D eigenvalue weighted by atomic mass is 9.88. The molecule has 2 fully saturated rings. The highest BCUT2D eigenvalue weighted by molar-refractivity contribution is 5.70. The molecule has 0 aromatic carbocycles. The summed E-state index contributed by atoms with van der Waals surface area (Å²) in [5, 5.41) is 11.7. The molecular weight excluding hydrogens is 285 g/mol. The van der Waals surface area contributed by atoms with Gasteiger partial charge in [0.2, 0.25) is 0 Å². The summed E-state index contributed by atoms with van der Waals surface area (Å²) in [6, 6.07) is -0.0699. The molecule has 0 aromatic heterocycles. The second-order valence-corrected chi connectivity index (χ2v) is 6.21. The number of hydrogen-bond acceptors (Lipinski definition) is 3. The van der Waals surface area contributed by atoms with Crippen molar-refractivity contribution >= 4 is 5.97 Å². The summed E-state index contributed by atoms with van der Waals surface area (Å²) in [6.07, 6.45) is 1.51. The van der Waals surface area contributed by atoms with Crippen molar-refractivity contribution in [2.75, 3.05) is 19.6 Å². The van der Waals surface area contributed by atoms with Gasteiger partial charge in [0.15, 0.2) is 0 Å². The van der Waals surface area contributed by atoms with Crippen LogP contribution >= 0.6 is 0 Å². The maximum atomic E-state index is 12.3. The average molecular weight is 308 g/mol. The predicted octanol–water partition coefficient (Wildman–Crippen LogP) is 2.25. The number of aliphatic carboxylic acids is 1. The molecular formula is C14H23F3N2O2. The van der Waals surface area contributed by atoms with E-state index in [1.165, 1.54) is 6.42 Å². The molecule has 122 valence electrons. The number of halogens is 3. The van der Waals surface area contributed by atoms with Crippen LogP contribution in [0.15, 0.2) is 0 Å². The standard InChI is InChI=1S/C14H23F3N2O2/c15-14(16,17)9-18-11-6-10(13(20)21)7-19(8-11)12-4-2-1-3-5-12/h10-12,18H,1-9H2,(H,20,21). The Morgan fingerprint density at radius 3 is 2.43 bits per heavy atom. The third-order valence-corrected chi connectivity index (χ3v) is 4.51. The average Bonchev–Trinajstić information content (AvgIpc) is 2.45. The first-order valence-corrected chi connectivity index (χ1v) is 7.62. The van der Waals surface area contributed by atoms with Crippen LogP contribution in [0.4, 0.5) is 13.2 Å².